The first-order chi connectivity index (χ1) is 19.0. The van der Waals surface area contributed by atoms with E-state index in [1.54, 1.807) is 12.1 Å². The van der Waals surface area contributed by atoms with Crippen molar-refractivity contribution in [1.82, 2.24) is 14.8 Å². The van der Waals surface area contributed by atoms with Crippen LogP contribution in [0.4, 0.5) is 8.78 Å². The Morgan fingerprint density at radius 2 is 1.93 bits per heavy atom. The van der Waals surface area contributed by atoms with Gasteiger partial charge in [0.25, 0.3) is 0 Å². The van der Waals surface area contributed by atoms with E-state index in [4.69, 9.17) is 0 Å². The quantitative estimate of drug-likeness (QED) is 0.203. The molecule has 2 bridgehead atoms. The number of Topliss-reactive ketones (excluding diaryl/α,β-unsaturated/α-hetero) is 1. The highest BCUT2D eigenvalue weighted by Gasteiger charge is 2.68. The highest BCUT2D eigenvalue weighted by atomic mass is 127. The number of fused-ring (bicyclic) bond motifs is 2. The van der Waals surface area contributed by atoms with E-state index in [1.165, 1.54) is 23.4 Å². The van der Waals surface area contributed by atoms with Crippen LogP contribution in [0.3, 0.4) is 0 Å². The van der Waals surface area contributed by atoms with Crippen LogP contribution in [0.2, 0.25) is 0 Å². The number of hydrogen-bond acceptors (Lipinski definition) is 7. The standard InChI is InChI=1S/C18H14F2IN3O.C10H15BrO4S/c1-12(13-2-5-15(21)6-3-13)18(25,9-24-11-22-10-23-24)16-7-4-14(19)8-17(16)20;1-9(2)6-3-4-10(9,5-16(13,14)15)8(12)7(6)11/h2-8,10-11,25H,1,9H2;6-7H,3-5H2,1-2H3,(H,13,14,15)/p-1/t18-;/m1./s1. The Hall–Kier alpha value is -2.07. The zero-order valence-electron chi connectivity index (χ0n) is 22.2. The summed E-state index contributed by atoms with van der Waals surface area (Å²) in [5, 5.41) is 15.3. The summed E-state index contributed by atoms with van der Waals surface area (Å²) in [6, 6.07) is 10.4. The molecule has 1 aromatic heterocycles. The molecule has 0 aliphatic heterocycles. The molecular weight excluding hydrogens is 735 g/mol. The van der Waals surface area contributed by atoms with Gasteiger partial charge in [0.2, 0.25) is 0 Å². The molecule has 41 heavy (non-hydrogen) atoms. The number of alkyl halides is 1. The van der Waals surface area contributed by atoms with Crippen molar-refractivity contribution in [3.8, 4) is 0 Å². The topological polar surface area (TPSA) is 125 Å². The van der Waals surface area contributed by atoms with E-state index in [2.05, 4.69) is 55.2 Å². The van der Waals surface area contributed by atoms with Gasteiger partial charge in [0, 0.05) is 20.6 Å². The summed E-state index contributed by atoms with van der Waals surface area (Å²) < 4.78 is 63.1. The third-order valence-corrected chi connectivity index (χ3v) is 11.1. The number of nitrogens with zero attached hydrogens (tertiary/aromatic N) is 3. The number of aliphatic hydroxyl groups is 1. The monoisotopic (exact) mass is 762 g/mol. The van der Waals surface area contributed by atoms with Crippen molar-refractivity contribution < 1.29 is 31.7 Å². The Balaban J connectivity index is 0.000000208. The summed E-state index contributed by atoms with van der Waals surface area (Å²) in [5.41, 5.74) is -2.34. The second-order valence-corrected chi connectivity index (χ2v) is 14.6. The van der Waals surface area contributed by atoms with Gasteiger partial charge in [-0.05, 0) is 82.2 Å². The fraction of sp³-hybridized carbons (Fsp3) is 0.393. The van der Waals surface area contributed by atoms with Crippen molar-refractivity contribution in [3.05, 3.63) is 88.0 Å². The average molecular weight is 763 g/mol. The van der Waals surface area contributed by atoms with Crippen molar-refractivity contribution >= 4 is 60.0 Å². The molecule has 0 radical (unpaired) electrons. The molecule has 2 saturated carbocycles. The largest absolute Gasteiger partial charge is 0.748 e. The van der Waals surface area contributed by atoms with Crippen molar-refractivity contribution in [3.63, 3.8) is 0 Å². The minimum absolute atomic E-state index is 0.0760. The first kappa shape index (κ1) is 31.9. The van der Waals surface area contributed by atoms with Gasteiger partial charge in [-0.2, -0.15) is 5.10 Å². The Bertz CT molecular complexity index is 1570. The van der Waals surface area contributed by atoms with Crippen LogP contribution in [-0.4, -0.2) is 49.2 Å². The summed E-state index contributed by atoms with van der Waals surface area (Å²) in [6.07, 6.45) is 4.06. The van der Waals surface area contributed by atoms with Gasteiger partial charge in [-0.1, -0.05) is 48.5 Å². The number of rotatable bonds is 7. The minimum Gasteiger partial charge on any atom is -0.748 e. The third-order valence-electron chi connectivity index (χ3n) is 8.47. The summed E-state index contributed by atoms with van der Waals surface area (Å²) in [6.45, 7) is 7.66. The maximum Gasteiger partial charge on any atom is 0.154 e. The van der Waals surface area contributed by atoms with Crippen molar-refractivity contribution in [2.75, 3.05) is 5.75 Å². The van der Waals surface area contributed by atoms with E-state index in [0.29, 0.717) is 12.0 Å². The molecule has 2 aromatic carbocycles. The zero-order chi connectivity index (χ0) is 30.4. The van der Waals surface area contributed by atoms with Crippen LogP contribution >= 0.6 is 38.5 Å². The molecule has 8 nitrogen and oxygen atoms in total. The van der Waals surface area contributed by atoms with Crippen molar-refractivity contribution in [2.24, 2.45) is 16.7 Å². The number of carbonyl (C=O) groups is 1. The zero-order valence-corrected chi connectivity index (χ0v) is 26.8. The van der Waals surface area contributed by atoms with Crippen LogP contribution in [0.5, 0.6) is 0 Å². The van der Waals surface area contributed by atoms with Crippen LogP contribution in [0.25, 0.3) is 5.57 Å². The Labute approximate surface area is 259 Å². The minimum atomic E-state index is -4.37. The number of aromatic nitrogens is 3. The molecule has 3 aromatic rings. The first-order valence-corrected chi connectivity index (χ1v) is 16.2. The average Bonchev–Trinajstić information content (AvgIpc) is 3.50. The molecule has 13 heteroatoms. The van der Waals surface area contributed by atoms with Crippen LogP contribution in [0.15, 0.2) is 61.7 Å². The molecule has 5 rings (SSSR count). The number of halogens is 4. The van der Waals surface area contributed by atoms with Gasteiger partial charge in [0.05, 0.1) is 27.2 Å². The fourth-order valence-corrected chi connectivity index (χ4v) is 9.06. The van der Waals surface area contributed by atoms with E-state index in [0.717, 1.165) is 22.1 Å². The molecule has 3 unspecified atom stereocenters. The SMILES string of the molecule is C=C(c1ccc(I)cc1)[C@](O)(Cn1cncn1)c1ccc(F)cc1F.CC1(C)C2CCC1(CS(=O)(=O)[O-])C(=O)C2Br. The van der Waals surface area contributed by atoms with Gasteiger partial charge < -0.3 is 9.66 Å². The lowest BCUT2D eigenvalue weighted by molar-refractivity contribution is -0.127. The van der Waals surface area contributed by atoms with Crippen LogP contribution in [0, 0.1) is 32.0 Å². The number of benzene rings is 2. The Morgan fingerprint density at radius 1 is 1.27 bits per heavy atom. The summed E-state index contributed by atoms with van der Waals surface area (Å²) in [4.78, 5) is 15.7. The third kappa shape index (κ3) is 6.05. The van der Waals surface area contributed by atoms with Gasteiger partial charge in [-0.3, -0.25) is 4.79 Å². The Kier molecular flexibility index (Phi) is 8.97. The predicted octanol–water partition coefficient (Wildman–Crippen LogP) is 5.06. The van der Waals surface area contributed by atoms with Gasteiger partial charge in [-0.15, -0.1) is 0 Å². The highest BCUT2D eigenvalue weighted by Crippen LogP contribution is 2.65. The van der Waals surface area contributed by atoms with Crippen molar-refractivity contribution in [1.29, 1.82) is 0 Å². The summed E-state index contributed by atoms with van der Waals surface area (Å²) in [5.74, 6) is -2.09. The molecule has 2 fully saturated rings. The molecular formula is C28H28BrF2IN3O5S-. The van der Waals surface area contributed by atoms with E-state index in [1.807, 2.05) is 26.0 Å². The second kappa shape index (κ2) is 11.5. The second-order valence-electron chi connectivity index (χ2n) is 11.0. The number of ketones is 1. The maximum absolute atomic E-state index is 14.4. The van der Waals surface area contributed by atoms with Crippen LogP contribution in [0.1, 0.15) is 37.8 Å². The van der Waals surface area contributed by atoms with E-state index >= 15 is 0 Å². The summed E-state index contributed by atoms with van der Waals surface area (Å²) in [7, 11) is -4.37. The lowest BCUT2D eigenvalue weighted by Crippen LogP contribution is -2.43. The maximum atomic E-state index is 14.4. The molecule has 4 atom stereocenters. The van der Waals surface area contributed by atoms with Gasteiger partial charge in [0.1, 0.15) is 29.9 Å². The molecule has 0 amide bonds. The van der Waals surface area contributed by atoms with Gasteiger partial charge in [-0.25, -0.2) is 26.9 Å². The van der Waals surface area contributed by atoms with Gasteiger partial charge in [0.15, 0.2) is 5.78 Å². The molecule has 0 saturated heterocycles. The molecule has 2 aliphatic rings. The lowest BCUT2D eigenvalue weighted by Gasteiger charge is -2.36. The van der Waals surface area contributed by atoms with E-state index in [9.17, 15) is 31.7 Å². The normalized spacial score (nSPS) is 24.4. The summed E-state index contributed by atoms with van der Waals surface area (Å²) >= 11 is 5.50. The first-order valence-electron chi connectivity index (χ1n) is 12.6. The van der Waals surface area contributed by atoms with Crippen LogP contribution < -0.4 is 0 Å². The van der Waals surface area contributed by atoms with E-state index < -0.39 is 43.9 Å². The Morgan fingerprint density at radius 3 is 2.44 bits per heavy atom. The smallest absolute Gasteiger partial charge is 0.154 e. The molecule has 1 heterocycles. The molecule has 0 spiro atoms. The fourth-order valence-electron chi connectivity index (χ4n) is 6.08. The van der Waals surface area contributed by atoms with E-state index in [-0.39, 0.29) is 34.2 Å². The lowest BCUT2D eigenvalue weighted by atomic mass is 9.70. The highest BCUT2D eigenvalue weighted by molar-refractivity contribution is 14.1. The molecule has 2 aliphatic carbocycles. The molecule has 220 valence electrons. The van der Waals surface area contributed by atoms with Crippen molar-refractivity contribution in [2.45, 2.75) is 43.7 Å². The number of carbonyl (C=O) groups excluding carboxylic acids is 1. The number of hydrogen-bond donors (Lipinski definition) is 1. The predicted molar refractivity (Wildman–Crippen MR) is 160 cm³/mol. The molecule has 1 N–H and O–H groups in total. The van der Waals surface area contributed by atoms with Crippen LogP contribution in [-0.2, 0) is 27.1 Å². The van der Waals surface area contributed by atoms with Gasteiger partial charge >= 0.3 is 0 Å².